The Labute approximate surface area is 117 Å². The van der Waals surface area contributed by atoms with Crippen molar-refractivity contribution in [2.75, 3.05) is 0 Å². The molecule has 108 valence electrons. The van der Waals surface area contributed by atoms with Crippen LogP contribution in [0.15, 0.2) is 48.6 Å². The fourth-order valence-corrected chi connectivity index (χ4v) is 0.236. The molecule has 0 saturated heterocycles. The second kappa shape index (κ2) is 29.7. The maximum absolute atomic E-state index is 3.56. The summed E-state index contributed by atoms with van der Waals surface area (Å²) < 4.78 is 0. The largest absolute Gasteiger partial charge is 0.103 e. The predicted molar refractivity (Wildman–Crippen MR) is 91.2 cm³/mol. The quantitative estimate of drug-likeness (QED) is 0.459. The van der Waals surface area contributed by atoms with Crippen molar-refractivity contribution in [1.82, 2.24) is 0 Å². The average Bonchev–Trinajstić information content (AvgIpc) is 2.30. The summed E-state index contributed by atoms with van der Waals surface area (Å²) in [5.41, 5.74) is 2.55. The van der Waals surface area contributed by atoms with Gasteiger partial charge in [-0.2, -0.15) is 0 Å². The van der Waals surface area contributed by atoms with Crippen LogP contribution in [0.3, 0.4) is 0 Å². The van der Waals surface area contributed by atoms with Gasteiger partial charge in [0.05, 0.1) is 0 Å². The minimum atomic E-state index is 1.08. The first-order valence-corrected chi connectivity index (χ1v) is 6.77. The van der Waals surface area contributed by atoms with Gasteiger partial charge in [0.15, 0.2) is 0 Å². The topological polar surface area (TPSA) is 0 Å². The Morgan fingerprint density at radius 1 is 0.944 bits per heavy atom. The van der Waals surface area contributed by atoms with E-state index in [1.807, 2.05) is 33.8 Å². The fourth-order valence-electron chi connectivity index (χ4n) is 0.236. The van der Waals surface area contributed by atoms with Crippen molar-refractivity contribution in [1.29, 1.82) is 0 Å². The summed E-state index contributed by atoms with van der Waals surface area (Å²) in [6, 6.07) is 0. The summed E-state index contributed by atoms with van der Waals surface area (Å²) in [4.78, 5) is 0. The number of allylic oxidation sites excluding steroid dienone is 6. The molecule has 0 amide bonds. The molecule has 0 fully saturated rings. The molecular weight excluding hydrogens is 216 g/mol. The van der Waals surface area contributed by atoms with Crippen LogP contribution >= 0.6 is 0 Å². The van der Waals surface area contributed by atoms with Crippen LogP contribution < -0.4 is 0 Å². The normalized spacial score (nSPS) is 7.56. The number of hydrogen-bond donors (Lipinski definition) is 0. The van der Waals surface area contributed by atoms with Crippen LogP contribution in [0, 0.1) is 0 Å². The first-order chi connectivity index (χ1) is 8.33. The Hall–Kier alpha value is -1.04. The lowest BCUT2D eigenvalue weighted by atomic mass is 10.3. The zero-order valence-corrected chi connectivity index (χ0v) is 14.1. The third-order valence-corrected chi connectivity index (χ3v) is 1.34. The van der Waals surface area contributed by atoms with E-state index in [0.29, 0.717) is 0 Å². The summed E-state index contributed by atoms with van der Waals surface area (Å²) in [6.45, 7) is 23.4. The van der Waals surface area contributed by atoms with Crippen molar-refractivity contribution in [2.45, 2.75) is 68.2 Å². The van der Waals surface area contributed by atoms with Crippen LogP contribution in [0.4, 0.5) is 0 Å². The summed E-state index contributed by atoms with van der Waals surface area (Å²) >= 11 is 0. The van der Waals surface area contributed by atoms with Crippen LogP contribution in [-0.4, -0.2) is 0 Å². The summed E-state index contributed by atoms with van der Waals surface area (Å²) in [7, 11) is 0. The SMILES string of the molecule is C/C=C/CC.C=C(C)C.C=CCC.CC=C(C)C. The van der Waals surface area contributed by atoms with Crippen molar-refractivity contribution in [2.24, 2.45) is 0 Å². The molecule has 0 aliphatic rings. The average molecular weight is 252 g/mol. The van der Waals surface area contributed by atoms with Crippen LogP contribution in [-0.2, 0) is 0 Å². The van der Waals surface area contributed by atoms with Crippen molar-refractivity contribution < 1.29 is 0 Å². The van der Waals surface area contributed by atoms with Gasteiger partial charge in [0, 0.05) is 0 Å². The fraction of sp³-hybridized carbons (Fsp3) is 0.556. The van der Waals surface area contributed by atoms with E-state index in [9.17, 15) is 0 Å². The Kier molecular flexibility index (Phi) is 42.5. The third kappa shape index (κ3) is 186. The van der Waals surface area contributed by atoms with Gasteiger partial charge in [-0.15, -0.1) is 13.2 Å². The summed E-state index contributed by atoms with van der Waals surface area (Å²) in [5, 5.41) is 0. The Balaban J connectivity index is -0.0000000731. The van der Waals surface area contributed by atoms with Gasteiger partial charge in [0.25, 0.3) is 0 Å². The van der Waals surface area contributed by atoms with Gasteiger partial charge < -0.3 is 0 Å². The molecule has 0 N–H and O–H groups in total. The van der Waals surface area contributed by atoms with Crippen molar-refractivity contribution >= 4 is 0 Å². The van der Waals surface area contributed by atoms with Crippen LogP contribution in [0.1, 0.15) is 68.2 Å². The van der Waals surface area contributed by atoms with Gasteiger partial charge in [0.1, 0.15) is 0 Å². The van der Waals surface area contributed by atoms with E-state index >= 15 is 0 Å². The molecule has 0 unspecified atom stereocenters. The molecular formula is C18H36. The highest BCUT2D eigenvalue weighted by atomic mass is 13.7. The minimum Gasteiger partial charge on any atom is -0.103 e. The van der Waals surface area contributed by atoms with Crippen LogP contribution in [0.25, 0.3) is 0 Å². The van der Waals surface area contributed by atoms with E-state index in [1.54, 1.807) is 0 Å². The third-order valence-electron chi connectivity index (χ3n) is 1.34. The highest BCUT2D eigenvalue weighted by Gasteiger charge is 1.60. The molecule has 0 aromatic heterocycles. The van der Waals surface area contributed by atoms with Gasteiger partial charge in [0.2, 0.25) is 0 Å². The van der Waals surface area contributed by atoms with Gasteiger partial charge in [-0.1, -0.05) is 49.3 Å². The smallest absolute Gasteiger partial charge is 0.0379 e. The number of rotatable bonds is 2. The van der Waals surface area contributed by atoms with Crippen molar-refractivity contribution in [3.05, 3.63) is 48.6 Å². The van der Waals surface area contributed by atoms with Crippen LogP contribution in [0.5, 0.6) is 0 Å². The summed E-state index contributed by atoms with van der Waals surface area (Å²) in [6.07, 6.45) is 10.4. The second-order valence-corrected chi connectivity index (χ2v) is 4.25. The molecule has 18 heavy (non-hydrogen) atoms. The molecule has 0 heteroatoms. The zero-order valence-electron chi connectivity index (χ0n) is 14.1. The first kappa shape index (κ1) is 25.7. The van der Waals surface area contributed by atoms with E-state index in [4.69, 9.17) is 0 Å². The Bertz CT molecular complexity index is 196. The second-order valence-electron chi connectivity index (χ2n) is 4.25. The van der Waals surface area contributed by atoms with Crippen molar-refractivity contribution in [3.63, 3.8) is 0 Å². The Morgan fingerprint density at radius 2 is 1.22 bits per heavy atom. The highest BCUT2D eigenvalue weighted by molar-refractivity contribution is 4.88. The summed E-state index contributed by atoms with van der Waals surface area (Å²) in [5.74, 6) is 0. The van der Waals surface area contributed by atoms with Gasteiger partial charge in [-0.05, 0) is 54.4 Å². The molecule has 0 heterocycles. The molecule has 0 radical (unpaired) electrons. The molecule has 0 nitrogen and oxygen atoms in total. The first-order valence-electron chi connectivity index (χ1n) is 6.77. The van der Waals surface area contributed by atoms with Gasteiger partial charge >= 0.3 is 0 Å². The molecule has 0 aliphatic heterocycles. The molecule has 0 spiro atoms. The maximum Gasteiger partial charge on any atom is -0.0379 e. The predicted octanol–water partition coefficient (Wildman–Crippen LogP) is 7.11. The maximum atomic E-state index is 3.56. The molecule has 0 aromatic rings. The minimum absolute atomic E-state index is 1.08. The standard InChI is InChI=1S/2C5H10.2C4H8/c1-4-5(2)3;1-3-5-4-2;1-4(2)3;1-3-4-2/h4H,1-3H3;3,5H,4H2,1-2H3;1H2,2-3H3;3H,1,4H2,2H3/b;5-3+;;. The van der Waals surface area contributed by atoms with Crippen LogP contribution in [0.2, 0.25) is 0 Å². The van der Waals surface area contributed by atoms with E-state index < -0.39 is 0 Å². The van der Waals surface area contributed by atoms with E-state index in [1.165, 1.54) is 11.1 Å². The lowest BCUT2D eigenvalue weighted by Crippen LogP contribution is -1.52. The van der Waals surface area contributed by atoms with E-state index in [0.717, 1.165) is 12.8 Å². The molecule has 0 aliphatic carbocycles. The molecule has 0 atom stereocenters. The van der Waals surface area contributed by atoms with Crippen molar-refractivity contribution in [3.8, 4) is 0 Å². The van der Waals surface area contributed by atoms with E-state index in [2.05, 4.69) is 59.1 Å². The molecule has 0 bridgehead atoms. The zero-order chi connectivity index (χ0) is 15.4. The lowest BCUT2D eigenvalue weighted by molar-refractivity contribution is 1.22. The van der Waals surface area contributed by atoms with E-state index in [-0.39, 0.29) is 0 Å². The van der Waals surface area contributed by atoms with Gasteiger partial charge in [-0.3, -0.25) is 0 Å². The lowest BCUT2D eigenvalue weighted by Gasteiger charge is -1.74. The highest BCUT2D eigenvalue weighted by Crippen LogP contribution is 1.82. The molecule has 0 aromatic carbocycles. The molecule has 0 saturated carbocycles. The Morgan fingerprint density at radius 3 is 1.22 bits per heavy atom. The number of hydrogen-bond acceptors (Lipinski definition) is 0. The van der Waals surface area contributed by atoms with Gasteiger partial charge in [-0.25, -0.2) is 0 Å². The monoisotopic (exact) mass is 252 g/mol. The molecule has 0 rings (SSSR count).